The molecule has 2 saturated carbocycles. The molecule has 2 saturated heterocycles. The molecule has 0 bridgehead atoms. The number of aromatic nitrogens is 6. The van der Waals surface area contributed by atoms with Crippen molar-refractivity contribution in [2.24, 2.45) is 11.8 Å². The molecule has 0 amide bonds. The third-order valence-corrected chi connectivity index (χ3v) is 9.52. The fraction of sp³-hybridized carbons (Fsp3) is 0.535. The molecule has 268 valence electrons. The third kappa shape index (κ3) is 12.2. The summed E-state index contributed by atoms with van der Waals surface area (Å²) in [6.07, 6.45) is 18.5. The minimum absolute atomic E-state index is 0.286. The third-order valence-electron chi connectivity index (χ3n) is 9.52. The first-order valence-corrected chi connectivity index (χ1v) is 19.3. The Labute approximate surface area is 304 Å². The zero-order valence-electron chi connectivity index (χ0n) is 30.8. The van der Waals surface area contributed by atoms with Gasteiger partial charge in [-0.15, -0.1) is 10.2 Å². The lowest BCUT2D eigenvalue weighted by atomic mass is 10.0. The van der Waals surface area contributed by atoms with E-state index in [0.717, 1.165) is 74.5 Å². The van der Waals surface area contributed by atoms with Gasteiger partial charge in [0, 0.05) is 61.4 Å². The van der Waals surface area contributed by atoms with Gasteiger partial charge in [-0.05, 0) is 112 Å². The Balaban J connectivity index is 0.000000168. The van der Waals surface area contributed by atoms with Crippen LogP contribution in [0.5, 0.6) is 0 Å². The molecule has 4 fully saturated rings. The maximum Gasteiger partial charge on any atom is 0.0870 e. The van der Waals surface area contributed by atoms with Crippen LogP contribution in [0.1, 0.15) is 117 Å². The second-order valence-electron chi connectivity index (χ2n) is 14.1. The first kappa shape index (κ1) is 36.5. The lowest BCUT2D eigenvalue weighted by molar-refractivity contribution is 0.00356. The highest BCUT2D eigenvalue weighted by Gasteiger charge is 2.19. The van der Waals surface area contributed by atoms with E-state index in [1.165, 1.54) is 68.1 Å². The maximum absolute atomic E-state index is 5.78. The molecular weight excluding hydrogens is 633 g/mol. The van der Waals surface area contributed by atoms with Crippen LogP contribution >= 0.6 is 0 Å². The predicted octanol–water partition coefficient (Wildman–Crippen LogP) is 7.73. The van der Waals surface area contributed by atoms with Crippen molar-refractivity contribution in [3.8, 4) is 23.7 Å². The summed E-state index contributed by atoms with van der Waals surface area (Å²) in [4.78, 5) is 0. The van der Waals surface area contributed by atoms with Gasteiger partial charge in [-0.25, -0.2) is 9.36 Å². The molecule has 0 spiro atoms. The fourth-order valence-corrected chi connectivity index (χ4v) is 6.30. The Morgan fingerprint density at radius 2 is 1.24 bits per heavy atom. The second kappa shape index (κ2) is 18.8. The quantitative estimate of drug-likeness (QED) is 0.177. The highest BCUT2D eigenvalue weighted by Crippen LogP contribution is 2.28. The SMILES string of the molecule is C(#CC1CC1)c1cccc(Cc2cn(C[C@H]3CCCCO3)nn2)c1.CC.Cc1cc(C#CC2CC2)ccc1Cc1cn(C[C@H]2CCCCO2)nn1. The topological polar surface area (TPSA) is 79.9 Å². The Morgan fingerprint density at radius 1 is 0.667 bits per heavy atom. The molecule has 8 nitrogen and oxygen atoms in total. The van der Waals surface area contributed by atoms with Crippen molar-refractivity contribution in [3.05, 3.63) is 94.1 Å². The van der Waals surface area contributed by atoms with Crippen molar-refractivity contribution in [2.75, 3.05) is 13.2 Å². The molecule has 8 rings (SSSR count). The van der Waals surface area contributed by atoms with Gasteiger partial charge < -0.3 is 9.47 Å². The van der Waals surface area contributed by atoms with Gasteiger partial charge in [0.05, 0.1) is 36.7 Å². The Morgan fingerprint density at radius 3 is 1.76 bits per heavy atom. The first-order chi connectivity index (χ1) is 25.1. The average Bonchev–Trinajstić information content (AvgIpc) is 4.09. The summed E-state index contributed by atoms with van der Waals surface area (Å²) < 4.78 is 15.4. The van der Waals surface area contributed by atoms with Gasteiger partial charge in [0.25, 0.3) is 0 Å². The molecule has 0 unspecified atom stereocenters. The number of hydrogen-bond donors (Lipinski definition) is 0. The minimum atomic E-state index is 0.286. The van der Waals surface area contributed by atoms with Gasteiger partial charge in [-0.2, -0.15) is 0 Å². The summed E-state index contributed by atoms with van der Waals surface area (Å²) in [5.41, 5.74) is 8.02. The van der Waals surface area contributed by atoms with E-state index in [1.807, 2.05) is 29.4 Å². The van der Waals surface area contributed by atoms with Gasteiger partial charge in [0.2, 0.25) is 0 Å². The van der Waals surface area contributed by atoms with Crippen LogP contribution in [0.15, 0.2) is 54.9 Å². The van der Waals surface area contributed by atoms with Crippen LogP contribution in [0.4, 0.5) is 0 Å². The molecule has 0 N–H and O–H groups in total. The Kier molecular flexibility index (Phi) is 13.5. The highest BCUT2D eigenvalue weighted by atomic mass is 16.5. The number of ether oxygens (including phenoxy) is 2. The maximum atomic E-state index is 5.78. The number of rotatable bonds is 8. The summed E-state index contributed by atoms with van der Waals surface area (Å²) in [6.45, 7) is 9.52. The van der Waals surface area contributed by atoms with Crippen molar-refractivity contribution in [3.63, 3.8) is 0 Å². The fourth-order valence-electron chi connectivity index (χ4n) is 6.30. The Hall–Kier alpha value is -4.24. The van der Waals surface area contributed by atoms with E-state index < -0.39 is 0 Å². The first-order valence-electron chi connectivity index (χ1n) is 19.3. The van der Waals surface area contributed by atoms with Gasteiger partial charge in [0.15, 0.2) is 0 Å². The molecule has 4 aliphatic rings. The van der Waals surface area contributed by atoms with Crippen molar-refractivity contribution in [2.45, 2.75) is 123 Å². The second-order valence-corrected chi connectivity index (χ2v) is 14.1. The number of hydrogen-bond acceptors (Lipinski definition) is 6. The largest absolute Gasteiger partial charge is 0.376 e. The summed E-state index contributed by atoms with van der Waals surface area (Å²) in [5, 5.41) is 17.2. The highest BCUT2D eigenvalue weighted by molar-refractivity contribution is 5.42. The van der Waals surface area contributed by atoms with E-state index in [4.69, 9.17) is 9.47 Å². The van der Waals surface area contributed by atoms with E-state index in [-0.39, 0.29) is 12.2 Å². The van der Waals surface area contributed by atoms with E-state index in [0.29, 0.717) is 11.8 Å². The van der Waals surface area contributed by atoms with Crippen LogP contribution in [0.25, 0.3) is 0 Å². The van der Waals surface area contributed by atoms with Crippen molar-refractivity contribution >= 4 is 0 Å². The van der Waals surface area contributed by atoms with Gasteiger partial charge >= 0.3 is 0 Å². The molecule has 51 heavy (non-hydrogen) atoms. The Bertz CT molecular complexity index is 1800. The summed E-state index contributed by atoms with van der Waals surface area (Å²) in [6, 6.07) is 14.9. The molecule has 2 aliphatic carbocycles. The summed E-state index contributed by atoms with van der Waals surface area (Å²) in [5.74, 6) is 14.5. The number of benzene rings is 2. The molecule has 2 aromatic heterocycles. The molecule has 4 aromatic rings. The minimum Gasteiger partial charge on any atom is -0.376 e. The average molecular weight is 687 g/mol. The molecule has 4 heterocycles. The van der Waals surface area contributed by atoms with Gasteiger partial charge in [-0.1, -0.05) is 66.2 Å². The lowest BCUT2D eigenvalue weighted by Crippen LogP contribution is -2.24. The van der Waals surface area contributed by atoms with Crippen LogP contribution in [-0.2, 0) is 35.4 Å². The molecule has 2 aromatic carbocycles. The van der Waals surface area contributed by atoms with Crippen LogP contribution in [-0.4, -0.2) is 55.4 Å². The van der Waals surface area contributed by atoms with Gasteiger partial charge in [0.1, 0.15) is 0 Å². The normalized spacial score (nSPS) is 19.6. The standard InChI is InChI=1S/C21H25N3O.C20H23N3O.C2H6/c1-16-12-18(8-7-17-5-6-17)9-10-19(16)13-20-14-24(23-22-20)15-21-4-2-3-11-25-21;1-2-11-24-20(6-1)15-23-14-19(21-22-23)13-18-5-3-4-17(12-18)10-9-16-7-8-16;1-2/h9-10,12,14,17,21H,2-6,11,13,15H2,1H3;3-5,12,14,16,20H,1-2,6-8,11,13,15H2;1-2H3/t21-;20-;/m11./s1. The number of aryl methyl sites for hydroxylation is 1. The predicted molar refractivity (Wildman–Crippen MR) is 201 cm³/mol. The molecule has 2 atom stereocenters. The summed E-state index contributed by atoms with van der Waals surface area (Å²) in [7, 11) is 0. The zero-order valence-corrected chi connectivity index (χ0v) is 30.8. The van der Waals surface area contributed by atoms with Crippen LogP contribution in [0.2, 0.25) is 0 Å². The van der Waals surface area contributed by atoms with Crippen molar-refractivity contribution in [1.82, 2.24) is 30.0 Å². The smallest absolute Gasteiger partial charge is 0.0870 e. The van der Waals surface area contributed by atoms with Crippen molar-refractivity contribution < 1.29 is 9.47 Å². The number of nitrogens with zero attached hydrogens (tertiary/aromatic N) is 6. The van der Waals surface area contributed by atoms with E-state index in [1.54, 1.807) is 0 Å². The summed E-state index contributed by atoms with van der Waals surface area (Å²) >= 11 is 0. The van der Waals surface area contributed by atoms with E-state index in [2.05, 4.69) is 99.9 Å². The molecule has 8 heteroatoms. The van der Waals surface area contributed by atoms with E-state index >= 15 is 0 Å². The monoisotopic (exact) mass is 686 g/mol. The van der Waals surface area contributed by atoms with Crippen LogP contribution in [0.3, 0.4) is 0 Å². The molecule has 2 aliphatic heterocycles. The van der Waals surface area contributed by atoms with Crippen LogP contribution < -0.4 is 0 Å². The van der Waals surface area contributed by atoms with Crippen molar-refractivity contribution in [1.29, 1.82) is 0 Å². The van der Waals surface area contributed by atoms with E-state index in [9.17, 15) is 0 Å². The zero-order chi connectivity index (χ0) is 35.3. The molecular formula is C43H54N6O2. The van der Waals surface area contributed by atoms with Gasteiger partial charge in [-0.3, -0.25) is 0 Å². The van der Waals surface area contributed by atoms with Crippen LogP contribution in [0, 0.1) is 42.4 Å². The lowest BCUT2D eigenvalue weighted by Gasteiger charge is -2.21. The molecule has 0 radical (unpaired) electrons.